The molecule has 0 bridgehead atoms. The van der Waals surface area contributed by atoms with E-state index in [1.54, 1.807) is 12.1 Å². The van der Waals surface area contributed by atoms with Gasteiger partial charge in [0.1, 0.15) is 12.7 Å². The quantitative estimate of drug-likeness (QED) is 0.565. The van der Waals surface area contributed by atoms with E-state index in [0.717, 1.165) is 21.0 Å². The molecule has 0 radical (unpaired) electrons. The van der Waals surface area contributed by atoms with Crippen LogP contribution in [0.1, 0.15) is 10.6 Å². The maximum atomic E-state index is 12.4. The molecule has 0 saturated carbocycles. The predicted molar refractivity (Wildman–Crippen MR) is 106 cm³/mol. The monoisotopic (exact) mass is 392 g/mol. The molecule has 2 aromatic heterocycles. The Morgan fingerprint density at radius 2 is 1.89 bits per heavy atom. The van der Waals surface area contributed by atoms with Gasteiger partial charge in [0.25, 0.3) is 5.91 Å². The molecule has 1 aliphatic heterocycles. The number of furan rings is 1. The van der Waals surface area contributed by atoms with Gasteiger partial charge in [-0.3, -0.25) is 4.79 Å². The number of rotatable bonds is 4. The van der Waals surface area contributed by atoms with Crippen LogP contribution in [-0.4, -0.2) is 30.1 Å². The van der Waals surface area contributed by atoms with Gasteiger partial charge in [0.15, 0.2) is 28.0 Å². The first-order valence-electron chi connectivity index (χ1n) is 8.89. The first-order valence-corrected chi connectivity index (χ1v) is 9.70. The van der Waals surface area contributed by atoms with Crippen molar-refractivity contribution < 1.29 is 18.7 Å². The molecule has 4 aromatic rings. The fourth-order valence-corrected chi connectivity index (χ4v) is 3.94. The van der Waals surface area contributed by atoms with E-state index in [0.29, 0.717) is 24.7 Å². The van der Waals surface area contributed by atoms with E-state index in [2.05, 4.69) is 10.3 Å². The Bertz CT molecular complexity index is 1120. The molecule has 2 aromatic carbocycles. The summed E-state index contributed by atoms with van der Waals surface area (Å²) in [5.41, 5.74) is 0.916. The third kappa shape index (κ3) is 3.20. The van der Waals surface area contributed by atoms with E-state index >= 15 is 0 Å². The molecule has 7 heteroatoms. The smallest absolute Gasteiger partial charge is 0.287 e. The van der Waals surface area contributed by atoms with Gasteiger partial charge in [-0.25, -0.2) is 4.98 Å². The second-order valence-corrected chi connectivity index (χ2v) is 7.39. The maximum absolute atomic E-state index is 12.4. The number of ether oxygens (including phenoxy) is 2. The third-order valence-electron chi connectivity index (χ3n) is 4.39. The van der Waals surface area contributed by atoms with Crippen molar-refractivity contribution in [2.24, 2.45) is 0 Å². The van der Waals surface area contributed by atoms with Crippen LogP contribution in [0.15, 0.2) is 65.1 Å². The van der Waals surface area contributed by atoms with Crippen LogP contribution in [0.2, 0.25) is 0 Å². The Labute approximate surface area is 164 Å². The average molecular weight is 392 g/mol. The number of thiazole rings is 1. The fraction of sp³-hybridized carbons (Fsp3) is 0.143. The second-order valence-electron chi connectivity index (χ2n) is 6.36. The molecule has 0 fully saturated rings. The standard InChI is InChI=1S/C21H16N2O4S/c24-20(22-11-13-12-25-15-6-2-3-7-16(15)26-13)17-9-10-18(27-17)21-23-14-5-1-4-8-19(14)28-21/h1-10,13H,11-12H2,(H,22,24). The predicted octanol–water partition coefficient (Wildman–Crippen LogP) is 4.13. The lowest BCUT2D eigenvalue weighted by molar-refractivity contribution is 0.0774. The molecular formula is C21H16N2O4S. The molecule has 140 valence electrons. The van der Waals surface area contributed by atoms with Crippen molar-refractivity contribution in [2.75, 3.05) is 13.2 Å². The molecule has 1 N–H and O–H groups in total. The number of benzene rings is 2. The number of aromatic nitrogens is 1. The molecule has 5 rings (SSSR count). The van der Waals surface area contributed by atoms with Crippen LogP contribution in [0.25, 0.3) is 21.0 Å². The van der Waals surface area contributed by atoms with E-state index in [-0.39, 0.29) is 17.8 Å². The summed E-state index contributed by atoms with van der Waals surface area (Å²) in [5, 5.41) is 3.59. The number of nitrogens with one attached hydrogen (secondary N) is 1. The number of nitrogens with zero attached hydrogens (tertiary/aromatic N) is 1. The van der Waals surface area contributed by atoms with Gasteiger partial charge >= 0.3 is 0 Å². The van der Waals surface area contributed by atoms with Crippen molar-refractivity contribution in [3.63, 3.8) is 0 Å². The molecule has 6 nitrogen and oxygen atoms in total. The first kappa shape index (κ1) is 16.8. The van der Waals surface area contributed by atoms with Gasteiger partial charge in [-0.1, -0.05) is 24.3 Å². The van der Waals surface area contributed by atoms with Crippen LogP contribution in [0, 0.1) is 0 Å². The van der Waals surface area contributed by atoms with Crippen molar-refractivity contribution in [3.05, 3.63) is 66.4 Å². The summed E-state index contributed by atoms with van der Waals surface area (Å²) in [4.78, 5) is 17.0. The minimum Gasteiger partial charge on any atom is -0.486 e. The van der Waals surface area contributed by atoms with Crippen molar-refractivity contribution in [1.29, 1.82) is 0 Å². The summed E-state index contributed by atoms with van der Waals surface area (Å²) in [7, 11) is 0. The largest absolute Gasteiger partial charge is 0.486 e. The zero-order valence-corrected chi connectivity index (χ0v) is 15.6. The van der Waals surface area contributed by atoms with Crippen molar-refractivity contribution in [1.82, 2.24) is 10.3 Å². The Morgan fingerprint density at radius 3 is 2.79 bits per heavy atom. The minimum atomic E-state index is -0.296. The number of hydrogen-bond acceptors (Lipinski definition) is 6. The lowest BCUT2D eigenvalue weighted by Gasteiger charge is -2.26. The van der Waals surface area contributed by atoms with Gasteiger partial charge in [0, 0.05) is 0 Å². The van der Waals surface area contributed by atoms with E-state index < -0.39 is 0 Å². The number of hydrogen-bond donors (Lipinski definition) is 1. The summed E-state index contributed by atoms with van der Waals surface area (Å²) in [5.74, 6) is 1.93. The zero-order valence-electron chi connectivity index (χ0n) is 14.8. The normalized spacial score (nSPS) is 15.5. The van der Waals surface area contributed by atoms with Crippen molar-refractivity contribution >= 4 is 27.5 Å². The lowest BCUT2D eigenvalue weighted by atomic mass is 10.2. The van der Waals surface area contributed by atoms with Crippen LogP contribution in [-0.2, 0) is 0 Å². The summed E-state index contributed by atoms with van der Waals surface area (Å²) in [6, 6.07) is 18.8. The molecule has 1 amide bonds. The van der Waals surface area contributed by atoms with Gasteiger partial charge < -0.3 is 19.2 Å². The van der Waals surface area contributed by atoms with Gasteiger partial charge in [0.05, 0.1) is 16.8 Å². The van der Waals surface area contributed by atoms with Crippen LogP contribution in [0.4, 0.5) is 0 Å². The lowest BCUT2D eigenvalue weighted by Crippen LogP contribution is -2.40. The highest BCUT2D eigenvalue weighted by Crippen LogP contribution is 2.32. The first-order chi connectivity index (χ1) is 13.8. The van der Waals surface area contributed by atoms with Gasteiger partial charge in [0.2, 0.25) is 0 Å². The van der Waals surface area contributed by atoms with Crippen LogP contribution >= 0.6 is 11.3 Å². The minimum absolute atomic E-state index is 0.242. The summed E-state index contributed by atoms with van der Waals surface area (Å²) in [6.45, 7) is 0.705. The molecule has 1 aliphatic rings. The van der Waals surface area contributed by atoms with Crippen LogP contribution < -0.4 is 14.8 Å². The molecule has 1 atom stereocenters. The van der Waals surface area contributed by atoms with E-state index in [9.17, 15) is 4.79 Å². The summed E-state index contributed by atoms with van der Waals surface area (Å²) in [6.07, 6.45) is -0.252. The van der Waals surface area contributed by atoms with Gasteiger partial charge in [-0.15, -0.1) is 11.3 Å². The van der Waals surface area contributed by atoms with Crippen LogP contribution in [0.5, 0.6) is 11.5 Å². The van der Waals surface area contributed by atoms with Crippen molar-refractivity contribution in [2.45, 2.75) is 6.10 Å². The third-order valence-corrected chi connectivity index (χ3v) is 5.44. The topological polar surface area (TPSA) is 73.6 Å². The number of para-hydroxylation sites is 3. The Balaban J connectivity index is 1.24. The van der Waals surface area contributed by atoms with Crippen molar-refractivity contribution in [3.8, 4) is 22.3 Å². The van der Waals surface area contributed by atoms with E-state index in [1.807, 2.05) is 48.5 Å². The highest BCUT2D eigenvalue weighted by Gasteiger charge is 2.22. The second kappa shape index (κ2) is 7.01. The van der Waals surface area contributed by atoms with E-state index in [1.165, 1.54) is 11.3 Å². The average Bonchev–Trinajstić information content (AvgIpc) is 3.39. The van der Waals surface area contributed by atoms with Crippen LogP contribution in [0.3, 0.4) is 0 Å². The molecule has 3 heterocycles. The Kier molecular flexibility index (Phi) is 4.21. The Morgan fingerprint density at radius 1 is 1.07 bits per heavy atom. The van der Waals surface area contributed by atoms with E-state index in [4.69, 9.17) is 13.9 Å². The maximum Gasteiger partial charge on any atom is 0.287 e. The summed E-state index contributed by atoms with van der Waals surface area (Å²) >= 11 is 1.53. The molecule has 1 unspecified atom stereocenters. The highest BCUT2D eigenvalue weighted by molar-refractivity contribution is 7.21. The van der Waals surface area contributed by atoms with Gasteiger partial charge in [-0.05, 0) is 36.4 Å². The zero-order chi connectivity index (χ0) is 18.9. The number of fused-ring (bicyclic) bond motifs is 2. The molecular weight excluding hydrogens is 376 g/mol. The number of amides is 1. The molecule has 0 aliphatic carbocycles. The fourth-order valence-electron chi connectivity index (χ4n) is 3.01. The Hall–Kier alpha value is -3.32. The molecule has 0 spiro atoms. The SMILES string of the molecule is O=C(NCC1COc2ccccc2O1)c1ccc(-c2nc3ccccc3s2)o1. The molecule has 0 saturated heterocycles. The number of carbonyl (C=O) groups excluding carboxylic acids is 1. The highest BCUT2D eigenvalue weighted by atomic mass is 32.1. The van der Waals surface area contributed by atoms with Gasteiger partial charge in [-0.2, -0.15) is 0 Å². The molecule has 28 heavy (non-hydrogen) atoms. The summed E-state index contributed by atoms with van der Waals surface area (Å²) < 4.78 is 18.3. The number of carbonyl (C=O) groups is 1.